The Labute approximate surface area is 63.0 Å². The summed E-state index contributed by atoms with van der Waals surface area (Å²) in [6, 6.07) is 0. The number of nitro groups is 1. The minimum Gasteiger partial charge on any atom is -0.265 e. The molecule has 0 atom stereocenters. The normalized spacial score (nSPS) is 9.91. The highest BCUT2D eigenvalue weighted by molar-refractivity contribution is 4.91. The van der Waals surface area contributed by atoms with Crippen LogP contribution in [0.15, 0.2) is 6.20 Å². The van der Waals surface area contributed by atoms with Crippen molar-refractivity contribution in [1.82, 2.24) is 15.0 Å². The van der Waals surface area contributed by atoms with Crippen molar-refractivity contribution in [3.8, 4) is 0 Å². The fraction of sp³-hybridized carbons (Fsp3) is 0.600. The van der Waals surface area contributed by atoms with Gasteiger partial charge >= 0.3 is 0 Å². The third-order valence-electron chi connectivity index (χ3n) is 1.20. The molecule has 1 aromatic rings. The molecule has 0 aliphatic carbocycles. The third kappa shape index (κ3) is 2.32. The highest BCUT2D eigenvalue weighted by Crippen LogP contribution is 1.91. The first-order chi connectivity index (χ1) is 5.18. The molecule has 0 saturated heterocycles. The van der Waals surface area contributed by atoms with Gasteiger partial charge in [-0.1, -0.05) is 5.21 Å². The molecule has 0 bridgehead atoms. The van der Waals surface area contributed by atoms with E-state index >= 15 is 0 Å². The van der Waals surface area contributed by atoms with Gasteiger partial charge in [0, 0.05) is 18.2 Å². The van der Waals surface area contributed by atoms with Crippen molar-refractivity contribution in [2.24, 2.45) is 7.05 Å². The molecule has 0 aliphatic rings. The van der Waals surface area contributed by atoms with Gasteiger partial charge in [0.15, 0.2) is 0 Å². The number of aromatic nitrogens is 3. The van der Waals surface area contributed by atoms with Crippen molar-refractivity contribution in [1.29, 1.82) is 0 Å². The summed E-state index contributed by atoms with van der Waals surface area (Å²) < 4.78 is 1.52. The molecule has 0 saturated carbocycles. The molecule has 0 N–H and O–H groups in total. The molecule has 0 aromatic carbocycles. The minimum absolute atomic E-state index is 0.0846. The van der Waals surface area contributed by atoms with Gasteiger partial charge in [0.25, 0.3) is 0 Å². The molecule has 60 valence electrons. The van der Waals surface area contributed by atoms with E-state index in [9.17, 15) is 10.1 Å². The largest absolute Gasteiger partial charge is 0.265 e. The minimum atomic E-state index is -0.366. The van der Waals surface area contributed by atoms with Crippen LogP contribution < -0.4 is 0 Å². The molecule has 0 unspecified atom stereocenters. The predicted molar refractivity (Wildman–Crippen MR) is 36.6 cm³/mol. The highest BCUT2D eigenvalue weighted by atomic mass is 16.6. The van der Waals surface area contributed by atoms with Crippen molar-refractivity contribution in [3.63, 3.8) is 0 Å². The zero-order valence-corrected chi connectivity index (χ0v) is 6.10. The number of hydrogen-bond acceptors (Lipinski definition) is 4. The monoisotopic (exact) mass is 156 g/mol. The molecule has 0 spiro atoms. The average Bonchev–Trinajstić information content (AvgIpc) is 2.31. The van der Waals surface area contributed by atoms with Crippen molar-refractivity contribution < 1.29 is 4.92 Å². The van der Waals surface area contributed by atoms with Crippen LogP contribution in [0.25, 0.3) is 0 Å². The zero-order chi connectivity index (χ0) is 8.27. The van der Waals surface area contributed by atoms with Crippen LogP contribution in [0.2, 0.25) is 0 Å². The Kier molecular flexibility index (Phi) is 2.15. The zero-order valence-electron chi connectivity index (χ0n) is 6.10. The van der Waals surface area contributed by atoms with Crippen LogP contribution in [0.1, 0.15) is 5.69 Å². The Bertz CT molecular complexity index is 257. The summed E-state index contributed by atoms with van der Waals surface area (Å²) in [6.45, 7) is -0.0846. The van der Waals surface area contributed by atoms with Crippen LogP contribution in [0.3, 0.4) is 0 Å². The van der Waals surface area contributed by atoms with E-state index in [2.05, 4.69) is 10.3 Å². The molecule has 0 amide bonds. The second kappa shape index (κ2) is 3.09. The van der Waals surface area contributed by atoms with Gasteiger partial charge in [0.1, 0.15) is 0 Å². The lowest BCUT2D eigenvalue weighted by atomic mass is 10.3. The fourth-order valence-electron chi connectivity index (χ4n) is 0.716. The molecule has 1 rings (SSSR count). The second-order valence-corrected chi connectivity index (χ2v) is 2.19. The van der Waals surface area contributed by atoms with Gasteiger partial charge in [-0.15, -0.1) is 5.10 Å². The smallest absolute Gasteiger partial charge is 0.209 e. The summed E-state index contributed by atoms with van der Waals surface area (Å²) in [6.07, 6.45) is 2.02. The van der Waals surface area contributed by atoms with E-state index < -0.39 is 0 Å². The molecule has 0 aliphatic heterocycles. The Hall–Kier alpha value is -1.46. The SMILES string of the molecule is Cn1cc(CC[N+](=O)[O-])nn1. The van der Waals surface area contributed by atoms with Crippen molar-refractivity contribution in [3.05, 3.63) is 22.0 Å². The van der Waals surface area contributed by atoms with Crippen LogP contribution in [0.4, 0.5) is 0 Å². The van der Waals surface area contributed by atoms with Crippen LogP contribution in [0, 0.1) is 10.1 Å². The van der Waals surface area contributed by atoms with Gasteiger partial charge in [-0.05, 0) is 0 Å². The number of nitrogens with zero attached hydrogens (tertiary/aromatic N) is 4. The quantitative estimate of drug-likeness (QED) is 0.442. The summed E-state index contributed by atoms with van der Waals surface area (Å²) in [5, 5.41) is 17.3. The molecular formula is C5H8N4O2. The van der Waals surface area contributed by atoms with E-state index in [0.29, 0.717) is 12.1 Å². The van der Waals surface area contributed by atoms with Gasteiger partial charge in [0.05, 0.1) is 12.1 Å². The summed E-state index contributed by atoms with van der Waals surface area (Å²) in [5.74, 6) is 0. The summed E-state index contributed by atoms with van der Waals surface area (Å²) >= 11 is 0. The molecule has 6 nitrogen and oxygen atoms in total. The Morgan fingerprint density at radius 3 is 3.00 bits per heavy atom. The summed E-state index contributed by atoms with van der Waals surface area (Å²) in [7, 11) is 1.72. The maximum atomic E-state index is 9.93. The maximum Gasteiger partial charge on any atom is 0.209 e. The van der Waals surface area contributed by atoms with Gasteiger partial charge in [0.2, 0.25) is 6.54 Å². The molecule has 0 fully saturated rings. The molecule has 0 radical (unpaired) electrons. The number of rotatable bonds is 3. The fourth-order valence-corrected chi connectivity index (χ4v) is 0.716. The Morgan fingerprint density at radius 1 is 1.82 bits per heavy atom. The Balaban J connectivity index is 2.45. The van der Waals surface area contributed by atoms with Crippen molar-refractivity contribution >= 4 is 0 Å². The molecule has 6 heteroatoms. The first-order valence-electron chi connectivity index (χ1n) is 3.15. The molecule has 1 aromatic heterocycles. The summed E-state index contributed by atoms with van der Waals surface area (Å²) in [5.41, 5.74) is 0.657. The van der Waals surface area contributed by atoms with E-state index in [0.717, 1.165) is 0 Å². The highest BCUT2D eigenvalue weighted by Gasteiger charge is 2.02. The maximum absolute atomic E-state index is 9.93. The van der Waals surface area contributed by atoms with Crippen LogP contribution in [0.5, 0.6) is 0 Å². The number of hydrogen-bond donors (Lipinski definition) is 0. The molecule has 11 heavy (non-hydrogen) atoms. The van der Waals surface area contributed by atoms with E-state index in [1.165, 1.54) is 4.68 Å². The summed E-state index contributed by atoms with van der Waals surface area (Å²) in [4.78, 5) is 9.56. The third-order valence-corrected chi connectivity index (χ3v) is 1.20. The van der Waals surface area contributed by atoms with Crippen molar-refractivity contribution in [2.45, 2.75) is 6.42 Å². The van der Waals surface area contributed by atoms with Crippen LogP contribution >= 0.6 is 0 Å². The second-order valence-electron chi connectivity index (χ2n) is 2.19. The van der Waals surface area contributed by atoms with Crippen LogP contribution in [-0.2, 0) is 13.5 Å². The van der Waals surface area contributed by atoms with Gasteiger partial charge < -0.3 is 0 Å². The first kappa shape index (κ1) is 7.64. The van der Waals surface area contributed by atoms with Gasteiger partial charge in [-0.2, -0.15) is 0 Å². The lowest BCUT2D eigenvalue weighted by Gasteiger charge is -1.87. The van der Waals surface area contributed by atoms with Crippen molar-refractivity contribution in [2.75, 3.05) is 6.54 Å². The molecule has 1 heterocycles. The van der Waals surface area contributed by atoms with E-state index in [4.69, 9.17) is 0 Å². The lowest BCUT2D eigenvalue weighted by molar-refractivity contribution is -0.479. The van der Waals surface area contributed by atoms with Gasteiger partial charge in [-0.25, -0.2) is 0 Å². The van der Waals surface area contributed by atoms with Crippen LogP contribution in [-0.4, -0.2) is 26.5 Å². The van der Waals surface area contributed by atoms with E-state index in [1.54, 1.807) is 13.2 Å². The number of aryl methyl sites for hydroxylation is 1. The van der Waals surface area contributed by atoms with Gasteiger partial charge in [-0.3, -0.25) is 14.8 Å². The first-order valence-corrected chi connectivity index (χ1v) is 3.15. The van der Waals surface area contributed by atoms with E-state index in [-0.39, 0.29) is 11.5 Å². The predicted octanol–water partition coefficient (Wildman–Crippen LogP) is -0.366. The molecular weight excluding hydrogens is 148 g/mol. The van der Waals surface area contributed by atoms with E-state index in [1.807, 2.05) is 0 Å². The Morgan fingerprint density at radius 2 is 2.55 bits per heavy atom. The average molecular weight is 156 g/mol. The topological polar surface area (TPSA) is 73.8 Å². The lowest BCUT2D eigenvalue weighted by Crippen LogP contribution is -2.03. The standard InChI is InChI=1S/C5H8N4O2/c1-8-4-5(6-7-8)2-3-9(10)11/h4H,2-3H2,1H3.